The highest BCUT2D eigenvalue weighted by Gasteiger charge is 2.42. The summed E-state index contributed by atoms with van der Waals surface area (Å²) in [7, 11) is -4.73. The first-order valence-electron chi connectivity index (χ1n) is 20.2. The van der Waals surface area contributed by atoms with Crippen LogP contribution in [0.15, 0.2) is 113 Å². The van der Waals surface area contributed by atoms with Gasteiger partial charge in [0.2, 0.25) is 15.8 Å². The number of amides is 2. The summed E-state index contributed by atoms with van der Waals surface area (Å²) < 4.78 is 78.5. The van der Waals surface area contributed by atoms with Crippen molar-refractivity contribution in [1.29, 1.82) is 0 Å². The van der Waals surface area contributed by atoms with Gasteiger partial charge in [-0.25, -0.2) is 21.6 Å². The summed E-state index contributed by atoms with van der Waals surface area (Å²) in [6, 6.07) is 28.0. The lowest BCUT2D eigenvalue weighted by Crippen LogP contribution is -2.51. The van der Waals surface area contributed by atoms with Crippen LogP contribution in [0.25, 0.3) is 22.5 Å². The highest BCUT2D eigenvalue weighted by molar-refractivity contribution is 7.94. The van der Waals surface area contributed by atoms with Crippen LogP contribution in [0.4, 0.5) is 10.5 Å². The first-order chi connectivity index (χ1) is 31.2. The quantitative estimate of drug-likeness (QED) is 0.0572. The third-order valence-corrected chi connectivity index (χ3v) is 14.9. The fourth-order valence-corrected chi connectivity index (χ4v) is 11.1. The second kappa shape index (κ2) is 19.8. The van der Waals surface area contributed by atoms with Crippen LogP contribution in [0.5, 0.6) is 17.2 Å². The van der Waals surface area contributed by atoms with Gasteiger partial charge >= 0.3 is 6.09 Å². The normalized spacial score (nSPS) is 12.9. The minimum absolute atomic E-state index is 0.0119. The second-order valence-electron chi connectivity index (χ2n) is 14.9. The van der Waals surface area contributed by atoms with Gasteiger partial charge in [-0.15, -0.1) is 10.2 Å². The van der Waals surface area contributed by atoms with E-state index in [4.69, 9.17) is 25.1 Å². The Morgan fingerprint density at radius 3 is 1.85 bits per heavy atom. The van der Waals surface area contributed by atoms with Gasteiger partial charge in [0.25, 0.3) is 5.91 Å². The number of nitrogens with one attached hydrogen (secondary N) is 3. The number of nitrogens with two attached hydrogens (primary N) is 1. The molecule has 1 fully saturated rings. The van der Waals surface area contributed by atoms with Crippen LogP contribution in [-0.2, 0) is 39.5 Å². The highest BCUT2D eigenvalue weighted by Crippen LogP contribution is 2.44. The largest absolute Gasteiger partial charge is 0.497 e. The summed E-state index contributed by atoms with van der Waals surface area (Å²) in [5.74, 6) is 0.838. The van der Waals surface area contributed by atoms with E-state index in [1.165, 1.54) is 47.6 Å². The number of ether oxygens (including phenoxy) is 3. The second-order valence-corrected chi connectivity index (χ2v) is 18.9. The number of nitrogen functional groups attached to an aromatic ring is 1. The fourth-order valence-electron chi connectivity index (χ4n) is 7.12. The minimum Gasteiger partial charge on any atom is -0.497 e. The number of anilines is 1. The fraction of sp³-hybridized carbons (Fsp3) is 0.250. The molecule has 5 aromatic carbocycles. The molecule has 0 radical (unpaired) electrons. The minimum atomic E-state index is -4.92. The molecule has 6 N–H and O–H groups in total. The van der Waals surface area contributed by atoms with E-state index in [1.54, 1.807) is 86.0 Å². The lowest BCUT2D eigenvalue weighted by Gasteiger charge is -2.30. The van der Waals surface area contributed by atoms with E-state index in [0.717, 1.165) is 5.56 Å². The van der Waals surface area contributed by atoms with E-state index in [9.17, 15) is 18.0 Å². The average Bonchev–Trinajstić information content (AvgIpc) is 3.75. The van der Waals surface area contributed by atoms with Crippen LogP contribution in [0, 0.1) is 0 Å². The zero-order chi connectivity index (χ0) is 46.3. The number of sulfone groups is 1. The molecule has 340 valence electrons. The molecule has 1 saturated heterocycles. The van der Waals surface area contributed by atoms with E-state index < -0.39 is 46.9 Å². The molecule has 2 heterocycles. The van der Waals surface area contributed by atoms with Crippen molar-refractivity contribution in [2.24, 2.45) is 0 Å². The Morgan fingerprint density at radius 1 is 0.769 bits per heavy atom. The Morgan fingerprint density at radius 2 is 1.32 bits per heavy atom. The molecule has 0 spiro atoms. The lowest BCUT2D eigenvalue weighted by atomic mass is 9.95. The smallest absolute Gasteiger partial charge is 0.404 e. The summed E-state index contributed by atoms with van der Waals surface area (Å²) in [6.07, 6.45) is -1.26. The predicted octanol–water partition coefficient (Wildman–Crippen LogP) is 3.80. The number of benzene rings is 5. The molecule has 0 bridgehead atoms. The first kappa shape index (κ1) is 45.9. The maximum Gasteiger partial charge on any atom is 0.404 e. The van der Waals surface area contributed by atoms with Gasteiger partial charge in [-0.3, -0.25) is 4.79 Å². The van der Waals surface area contributed by atoms with E-state index >= 15 is 8.42 Å². The van der Waals surface area contributed by atoms with Crippen molar-refractivity contribution in [3.05, 3.63) is 125 Å². The number of rotatable bonds is 19. The summed E-state index contributed by atoms with van der Waals surface area (Å²) in [5.41, 5.74) is 8.59. The van der Waals surface area contributed by atoms with Gasteiger partial charge in [-0.1, -0.05) is 54.6 Å². The maximum atomic E-state index is 15.9. The zero-order valence-corrected chi connectivity index (χ0v) is 37.2. The number of aromatic nitrogens is 4. The molecule has 0 atom stereocenters. The maximum absolute atomic E-state index is 15.9. The molecule has 6 aromatic rings. The Labute approximate surface area is 375 Å². The number of carboxylic acid groups (broad SMARTS) is 1. The van der Waals surface area contributed by atoms with E-state index in [-0.39, 0.29) is 79.6 Å². The molecule has 7 rings (SSSR count). The van der Waals surface area contributed by atoms with Crippen LogP contribution >= 0.6 is 0 Å². The van der Waals surface area contributed by atoms with Crippen molar-refractivity contribution in [1.82, 2.24) is 40.5 Å². The summed E-state index contributed by atoms with van der Waals surface area (Å²) >= 11 is 0. The number of hydrogen-bond donors (Lipinski definition) is 5. The monoisotopic (exact) mass is 925 g/mol. The Balaban J connectivity index is 1.47. The highest BCUT2D eigenvalue weighted by atomic mass is 32.2. The van der Waals surface area contributed by atoms with Gasteiger partial charge in [0.05, 0.1) is 54.8 Å². The van der Waals surface area contributed by atoms with Crippen LogP contribution in [0.2, 0.25) is 0 Å². The van der Waals surface area contributed by atoms with Crippen LogP contribution < -0.4 is 35.9 Å². The van der Waals surface area contributed by atoms with Gasteiger partial charge < -0.3 is 41.0 Å². The number of carbonyl (C=O) groups is 2. The Bertz CT molecular complexity index is 2840. The standard InChI is InChI=1S/C44H47N9O10S2/c1-61-31-13-7-28(8-14-31)25-52(26-29-9-15-32(62-2)16-10-29)65(59,60)41-38(64(57,58)34-23-46-24-34)20-19-35(36-5-4-6-37(40(36)45)43(54)47-21-22-48-44(55)56)39(41)42-49-51-53(50-42)27-30-11-17-33(63-3)18-12-30/h4-20,34,46,48H,21-27,45H2,1-3H3,(H,47,54)(H,55,56). The van der Waals surface area contributed by atoms with Gasteiger partial charge in [0, 0.05) is 44.8 Å². The van der Waals surface area contributed by atoms with Crippen molar-refractivity contribution < 1.29 is 45.7 Å². The summed E-state index contributed by atoms with van der Waals surface area (Å²) in [6.45, 7) is -0.303. The topological polar surface area (TPSA) is 259 Å². The number of carbonyl (C=O) groups excluding carboxylic acids is 1. The van der Waals surface area contributed by atoms with Crippen molar-refractivity contribution in [3.8, 4) is 39.8 Å². The third kappa shape index (κ3) is 10.2. The van der Waals surface area contributed by atoms with Crippen molar-refractivity contribution in [2.75, 3.05) is 53.2 Å². The number of tetrazole rings is 1. The van der Waals surface area contributed by atoms with E-state index in [2.05, 4.69) is 31.4 Å². The molecule has 0 unspecified atom stereocenters. The van der Waals surface area contributed by atoms with Crippen molar-refractivity contribution >= 4 is 37.5 Å². The molecule has 19 nitrogen and oxygen atoms in total. The van der Waals surface area contributed by atoms with Crippen LogP contribution in [-0.4, -0.2) is 111 Å². The molecular weight excluding hydrogens is 879 g/mol. The molecule has 1 aliphatic heterocycles. The molecule has 2 amide bonds. The Hall–Kier alpha value is -7.07. The van der Waals surface area contributed by atoms with Gasteiger partial charge in [-0.2, -0.15) is 9.10 Å². The number of hydrogen-bond acceptors (Lipinski definition) is 14. The summed E-state index contributed by atoms with van der Waals surface area (Å²) in [5, 5.41) is 29.1. The van der Waals surface area contributed by atoms with E-state index in [1.807, 2.05) is 0 Å². The number of methoxy groups -OCH3 is 3. The predicted molar refractivity (Wildman–Crippen MR) is 240 cm³/mol. The van der Waals surface area contributed by atoms with Crippen molar-refractivity contribution in [3.63, 3.8) is 0 Å². The summed E-state index contributed by atoms with van der Waals surface area (Å²) in [4.78, 5) is 24.6. The number of sulfonamides is 1. The number of para-hydroxylation sites is 1. The van der Waals surface area contributed by atoms with Gasteiger partial charge in [0.1, 0.15) is 22.1 Å². The van der Waals surface area contributed by atoms with Crippen LogP contribution in [0.3, 0.4) is 0 Å². The van der Waals surface area contributed by atoms with Crippen LogP contribution in [0.1, 0.15) is 27.0 Å². The molecular formula is C44H47N9O10S2. The van der Waals surface area contributed by atoms with Gasteiger partial charge in [0.15, 0.2) is 9.84 Å². The molecule has 65 heavy (non-hydrogen) atoms. The van der Waals surface area contributed by atoms with E-state index in [0.29, 0.717) is 28.4 Å². The first-order valence-corrected chi connectivity index (χ1v) is 23.1. The third-order valence-electron chi connectivity index (χ3n) is 10.7. The SMILES string of the molecule is COc1ccc(CN(Cc2ccc(OC)cc2)S(=O)(=O)c2c(S(=O)(=O)C3CNC3)ccc(-c3cccc(C(=O)NCCNC(=O)O)c3N)c2-c2nnn(Cc3ccc(OC)cc3)n2)cc1. The number of nitrogens with zero attached hydrogens (tertiary/aromatic N) is 5. The van der Waals surface area contributed by atoms with Crippen molar-refractivity contribution in [2.45, 2.75) is 34.7 Å². The lowest BCUT2D eigenvalue weighted by molar-refractivity contribution is 0.0954. The molecule has 0 saturated carbocycles. The molecule has 1 aliphatic rings. The van der Waals surface area contributed by atoms with Gasteiger partial charge in [-0.05, 0) is 76.0 Å². The Kier molecular flexibility index (Phi) is 14.0. The average molecular weight is 926 g/mol. The molecule has 21 heteroatoms. The molecule has 0 aliphatic carbocycles. The zero-order valence-electron chi connectivity index (χ0n) is 35.6. The molecule has 1 aromatic heterocycles.